The van der Waals surface area contributed by atoms with Crippen LogP contribution in [0.4, 0.5) is 11.5 Å². The minimum absolute atomic E-state index is 0.174. The predicted molar refractivity (Wildman–Crippen MR) is 103 cm³/mol. The lowest BCUT2D eigenvalue weighted by Crippen LogP contribution is -2.41. The number of nitrogens with zero attached hydrogens (tertiary/aromatic N) is 4. The molecule has 2 aromatic rings. The van der Waals surface area contributed by atoms with E-state index >= 15 is 0 Å². The molecule has 8 nitrogen and oxygen atoms in total. The topological polar surface area (TPSA) is 103 Å². The number of hydrogen-bond acceptors (Lipinski definition) is 6. The molecule has 0 unspecified atom stereocenters. The highest BCUT2D eigenvalue weighted by atomic mass is 16.3. The van der Waals surface area contributed by atoms with Crippen LogP contribution in [0.1, 0.15) is 24.5 Å². The Kier molecular flexibility index (Phi) is 6.46. The minimum Gasteiger partial charge on any atom is -0.383 e. The molecule has 1 aromatic heterocycles. The number of rotatable bonds is 8. The van der Waals surface area contributed by atoms with Gasteiger partial charge in [-0.25, -0.2) is 4.79 Å². The van der Waals surface area contributed by atoms with Crippen LogP contribution in [0.15, 0.2) is 39.0 Å². The number of nitrogens with two attached hydrogens (primary N) is 1. The minimum atomic E-state index is -0.728. The molecule has 0 fully saturated rings. The first-order valence-corrected chi connectivity index (χ1v) is 8.58. The van der Waals surface area contributed by atoms with Gasteiger partial charge >= 0.3 is 5.69 Å². The highest BCUT2D eigenvalue weighted by Crippen LogP contribution is 2.15. The van der Waals surface area contributed by atoms with E-state index in [1.165, 1.54) is 10.1 Å². The van der Waals surface area contributed by atoms with Gasteiger partial charge in [-0.1, -0.05) is 31.2 Å². The molecule has 1 aromatic carbocycles. The zero-order valence-electron chi connectivity index (χ0n) is 15.4. The van der Waals surface area contributed by atoms with Gasteiger partial charge in [-0.05, 0) is 43.2 Å². The van der Waals surface area contributed by atoms with Gasteiger partial charge in [0, 0.05) is 19.6 Å². The number of benzene rings is 1. The van der Waals surface area contributed by atoms with Crippen LogP contribution in [0.3, 0.4) is 0 Å². The molecule has 2 N–H and O–H groups in total. The molecule has 26 heavy (non-hydrogen) atoms. The smallest absolute Gasteiger partial charge is 0.332 e. The van der Waals surface area contributed by atoms with Crippen LogP contribution in [0, 0.1) is 4.91 Å². The van der Waals surface area contributed by atoms with E-state index in [9.17, 15) is 14.5 Å². The Balaban J connectivity index is 2.29. The van der Waals surface area contributed by atoms with Crippen molar-refractivity contribution in [3.8, 4) is 0 Å². The summed E-state index contributed by atoms with van der Waals surface area (Å²) in [6.07, 6.45) is 1.14. The number of anilines is 1. The molecule has 140 valence electrons. The van der Waals surface area contributed by atoms with Crippen LogP contribution >= 0.6 is 0 Å². The first-order valence-electron chi connectivity index (χ1n) is 8.58. The van der Waals surface area contributed by atoms with Crippen LogP contribution in [-0.2, 0) is 26.1 Å². The molecule has 2 rings (SSSR count). The fourth-order valence-corrected chi connectivity index (χ4v) is 2.84. The van der Waals surface area contributed by atoms with Crippen molar-refractivity contribution in [2.45, 2.75) is 39.4 Å². The van der Waals surface area contributed by atoms with Crippen LogP contribution in [0.25, 0.3) is 0 Å². The molecule has 0 bridgehead atoms. The number of nitroso groups, excluding NO2 is 1. The Morgan fingerprint density at radius 2 is 1.65 bits per heavy atom. The van der Waals surface area contributed by atoms with Crippen molar-refractivity contribution >= 4 is 11.5 Å². The standard InChI is InChI=1S/C18H25N5O3/c1-4-10-23-17(24)15(20-26)16(19)22(18(23)25)11-9-13-5-7-14(8-6-13)12-21(2)3/h5-8H,4,9-12,19H2,1-3H3. The molecule has 0 spiro atoms. The summed E-state index contributed by atoms with van der Waals surface area (Å²) >= 11 is 0. The zero-order chi connectivity index (χ0) is 19.3. The van der Waals surface area contributed by atoms with E-state index in [2.05, 4.69) is 10.1 Å². The van der Waals surface area contributed by atoms with Gasteiger partial charge in [0.05, 0.1) is 0 Å². The van der Waals surface area contributed by atoms with Crippen molar-refractivity contribution in [1.82, 2.24) is 14.0 Å². The summed E-state index contributed by atoms with van der Waals surface area (Å²) in [4.78, 5) is 37.8. The van der Waals surface area contributed by atoms with Crippen LogP contribution in [-0.4, -0.2) is 28.1 Å². The van der Waals surface area contributed by atoms with E-state index < -0.39 is 16.9 Å². The van der Waals surface area contributed by atoms with E-state index in [0.717, 1.165) is 16.7 Å². The van der Waals surface area contributed by atoms with Crippen molar-refractivity contribution in [3.05, 3.63) is 61.1 Å². The summed E-state index contributed by atoms with van der Waals surface area (Å²) in [6.45, 7) is 3.18. The summed E-state index contributed by atoms with van der Waals surface area (Å²) in [5.74, 6) is -0.174. The molecule has 0 saturated carbocycles. The van der Waals surface area contributed by atoms with Crippen molar-refractivity contribution in [3.63, 3.8) is 0 Å². The van der Waals surface area contributed by atoms with E-state index in [-0.39, 0.29) is 18.9 Å². The summed E-state index contributed by atoms with van der Waals surface area (Å²) in [7, 11) is 4.01. The van der Waals surface area contributed by atoms with Gasteiger partial charge in [0.25, 0.3) is 5.56 Å². The number of nitrogen functional groups attached to an aromatic ring is 1. The molecule has 8 heteroatoms. The Morgan fingerprint density at radius 3 is 2.19 bits per heavy atom. The second-order valence-electron chi connectivity index (χ2n) is 6.52. The number of hydrogen-bond donors (Lipinski definition) is 1. The van der Waals surface area contributed by atoms with Crippen LogP contribution < -0.4 is 17.0 Å². The van der Waals surface area contributed by atoms with E-state index in [0.29, 0.717) is 12.8 Å². The maximum Gasteiger partial charge on any atom is 0.332 e. The van der Waals surface area contributed by atoms with Crippen molar-refractivity contribution < 1.29 is 0 Å². The molecule has 0 atom stereocenters. The average Bonchev–Trinajstić information content (AvgIpc) is 2.60. The lowest BCUT2D eigenvalue weighted by Gasteiger charge is -2.14. The summed E-state index contributed by atoms with van der Waals surface area (Å²) in [5, 5.41) is 2.74. The van der Waals surface area contributed by atoms with Crippen molar-refractivity contribution in [2.24, 2.45) is 5.18 Å². The quantitative estimate of drug-likeness (QED) is 0.723. The van der Waals surface area contributed by atoms with Crippen LogP contribution in [0.5, 0.6) is 0 Å². The molecule has 1 heterocycles. The van der Waals surface area contributed by atoms with Gasteiger partial charge in [0.1, 0.15) is 5.82 Å². The van der Waals surface area contributed by atoms with Gasteiger partial charge in [0.2, 0.25) is 5.69 Å². The predicted octanol–water partition coefficient (Wildman–Crippen LogP) is 1.70. The number of aromatic nitrogens is 2. The Labute approximate surface area is 151 Å². The van der Waals surface area contributed by atoms with Crippen molar-refractivity contribution in [2.75, 3.05) is 19.8 Å². The summed E-state index contributed by atoms with van der Waals surface area (Å²) in [5.41, 5.74) is 6.44. The van der Waals surface area contributed by atoms with Gasteiger partial charge in [0.15, 0.2) is 0 Å². The first-order chi connectivity index (χ1) is 12.4. The summed E-state index contributed by atoms with van der Waals surface area (Å²) in [6, 6.07) is 8.08. The van der Waals surface area contributed by atoms with Crippen molar-refractivity contribution in [1.29, 1.82) is 0 Å². The third-order valence-corrected chi connectivity index (χ3v) is 4.13. The van der Waals surface area contributed by atoms with E-state index in [1.54, 1.807) is 0 Å². The largest absolute Gasteiger partial charge is 0.383 e. The maximum absolute atomic E-state index is 12.6. The number of aryl methyl sites for hydroxylation is 1. The first kappa shape index (κ1) is 19.6. The normalized spacial score (nSPS) is 11.1. The molecule has 0 aliphatic carbocycles. The molecule has 0 radical (unpaired) electrons. The Bertz CT molecular complexity index is 881. The Morgan fingerprint density at radius 1 is 1.04 bits per heavy atom. The van der Waals surface area contributed by atoms with Gasteiger partial charge < -0.3 is 10.6 Å². The lowest BCUT2D eigenvalue weighted by molar-refractivity contribution is 0.402. The lowest BCUT2D eigenvalue weighted by atomic mass is 10.1. The second-order valence-corrected chi connectivity index (χ2v) is 6.52. The highest BCUT2D eigenvalue weighted by molar-refractivity contribution is 5.55. The maximum atomic E-state index is 12.6. The molecule has 0 aliphatic rings. The second kappa shape index (κ2) is 8.57. The third kappa shape index (κ3) is 4.26. The van der Waals surface area contributed by atoms with E-state index in [4.69, 9.17) is 5.73 Å². The SMILES string of the molecule is CCCn1c(=O)c(N=O)c(N)n(CCc2ccc(CN(C)C)cc2)c1=O. The van der Waals surface area contributed by atoms with E-state index in [1.807, 2.05) is 45.3 Å². The highest BCUT2D eigenvalue weighted by Gasteiger charge is 2.17. The van der Waals surface area contributed by atoms with Gasteiger partial charge in [-0.15, -0.1) is 4.91 Å². The average molecular weight is 359 g/mol. The van der Waals surface area contributed by atoms with Gasteiger partial charge in [-0.3, -0.25) is 13.9 Å². The Hall–Kier alpha value is -2.74. The third-order valence-electron chi connectivity index (χ3n) is 4.13. The van der Waals surface area contributed by atoms with Gasteiger partial charge in [-0.2, -0.15) is 0 Å². The fraction of sp³-hybridized carbons (Fsp3) is 0.444. The molecular weight excluding hydrogens is 334 g/mol. The fourth-order valence-electron chi connectivity index (χ4n) is 2.84. The molecule has 0 amide bonds. The molecule has 0 aliphatic heterocycles. The molecule has 0 saturated heterocycles. The molecular formula is C18H25N5O3. The zero-order valence-corrected chi connectivity index (χ0v) is 15.4. The van der Waals surface area contributed by atoms with Crippen LogP contribution in [0.2, 0.25) is 0 Å². The summed E-state index contributed by atoms with van der Waals surface area (Å²) < 4.78 is 2.27. The monoisotopic (exact) mass is 359 g/mol.